The summed E-state index contributed by atoms with van der Waals surface area (Å²) in [6, 6.07) is 19.7. The number of amides is 3. The van der Waals surface area contributed by atoms with Crippen LogP contribution >= 0.6 is 0 Å². The quantitative estimate of drug-likeness (QED) is 0.161. The van der Waals surface area contributed by atoms with Gasteiger partial charge in [0.15, 0.2) is 0 Å². The lowest BCUT2D eigenvalue weighted by atomic mass is 10.1. The van der Waals surface area contributed by atoms with Crippen molar-refractivity contribution in [2.24, 2.45) is 11.5 Å². The maximum atomic E-state index is 14.0. The Kier molecular flexibility index (Phi) is 9.37. The second-order valence-corrected chi connectivity index (χ2v) is 14.3. The minimum atomic E-state index is -4.44. The van der Waals surface area contributed by atoms with Gasteiger partial charge in [-0.05, 0) is 73.6 Å². The molecule has 0 aliphatic carbocycles. The lowest BCUT2D eigenvalue weighted by Gasteiger charge is -2.28. The molecule has 1 heterocycles. The van der Waals surface area contributed by atoms with Crippen LogP contribution in [0.15, 0.2) is 94.7 Å². The molecule has 246 valence electrons. The fourth-order valence-corrected chi connectivity index (χ4v) is 7.94. The molecule has 3 amide bonds. The van der Waals surface area contributed by atoms with E-state index in [0.717, 1.165) is 15.2 Å². The van der Waals surface area contributed by atoms with Gasteiger partial charge in [-0.2, -0.15) is 0 Å². The second kappa shape index (κ2) is 13.3. The maximum Gasteiger partial charge on any atom is 0.264 e. The van der Waals surface area contributed by atoms with Gasteiger partial charge in [-0.15, -0.1) is 0 Å². The molecule has 5 rings (SSSR count). The molecule has 6 N–H and O–H groups in total. The highest BCUT2D eigenvalue weighted by Crippen LogP contribution is 2.38. The topological polar surface area (TPSA) is 211 Å². The van der Waals surface area contributed by atoms with E-state index in [1.807, 2.05) is 0 Å². The number of ether oxygens (including phenoxy) is 1. The molecule has 16 heteroatoms. The van der Waals surface area contributed by atoms with Gasteiger partial charge in [-0.25, -0.2) is 16.8 Å². The number of carbonyl (C=O) groups is 3. The molecular weight excluding hydrogens is 649 g/mol. The van der Waals surface area contributed by atoms with E-state index in [1.165, 1.54) is 67.8 Å². The summed E-state index contributed by atoms with van der Waals surface area (Å²) in [6.45, 7) is -0.727. The molecule has 4 aromatic carbocycles. The van der Waals surface area contributed by atoms with E-state index < -0.39 is 45.0 Å². The number of fused-ring (bicyclic) bond motifs is 1. The standard InChI is InChI=1S/C31H32N6O8S2/c1-45-21-8-12-23(13-9-21)47(43,44)37(19-30(33)39)28-15-14-27(24-4-2-3-5-25(24)28)36(18-29(32)38)46(41,42)22-10-6-20(7-11-22)35-31(40)26-16-17-34-26/h2-15,26,34H,16-19H2,1H3,(H2,32,38)(H2,33,39)(H,35,40)/t26-/m1/s1. The van der Waals surface area contributed by atoms with Gasteiger partial charge in [0.25, 0.3) is 20.0 Å². The molecule has 0 saturated carbocycles. The Morgan fingerprint density at radius 1 is 0.766 bits per heavy atom. The molecule has 0 unspecified atom stereocenters. The van der Waals surface area contributed by atoms with Gasteiger partial charge in [0.05, 0.1) is 34.3 Å². The van der Waals surface area contributed by atoms with Gasteiger partial charge in [-0.1, -0.05) is 24.3 Å². The average molecular weight is 681 g/mol. The molecule has 0 radical (unpaired) electrons. The van der Waals surface area contributed by atoms with Crippen LogP contribution in [0.4, 0.5) is 17.1 Å². The van der Waals surface area contributed by atoms with E-state index >= 15 is 0 Å². The summed E-state index contributed by atoms with van der Waals surface area (Å²) in [5.41, 5.74) is 11.4. The third-order valence-electron chi connectivity index (χ3n) is 7.51. The molecular formula is C31H32N6O8S2. The largest absolute Gasteiger partial charge is 0.497 e. The number of carbonyl (C=O) groups excluding carboxylic acids is 3. The molecule has 1 aliphatic rings. The Balaban J connectivity index is 1.58. The number of rotatable bonds is 13. The van der Waals surface area contributed by atoms with Crippen LogP contribution < -0.4 is 35.4 Å². The number of benzene rings is 4. The smallest absolute Gasteiger partial charge is 0.264 e. The molecule has 0 bridgehead atoms. The van der Waals surface area contributed by atoms with E-state index in [9.17, 15) is 31.2 Å². The Labute approximate surface area is 271 Å². The van der Waals surface area contributed by atoms with Gasteiger partial charge >= 0.3 is 0 Å². The lowest BCUT2D eigenvalue weighted by Crippen LogP contribution is -2.50. The first-order valence-electron chi connectivity index (χ1n) is 14.2. The number of sulfonamides is 2. The molecule has 0 spiro atoms. The van der Waals surface area contributed by atoms with Gasteiger partial charge < -0.3 is 26.8 Å². The summed E-state index contributed by atoms with van der Waals surface area (Å²) in [4.78, 5) is 36.3. The van der Waals surface area contributed by atoms with Crippen molar-refractivity contribution >= 4 is 65.6 Å². The summed E-state index contributed by atoms with van der Waals surface area (Å²) in [6.07, 6.45) is 0.695. The van der Waals surface area contributed by atoms with Crippen LogP contribution in [-0.4, -0.2) is 67.3 Å². The summed E-state index contributed by atoms with van der Waals surface area (Å²) in [7, 11) is -7.37. The van der Waals surface area contributed by atoms with E-state index in [1.54, 1.807) is 24.3 Å². The minimum Gasteiger partial charge on any atom is -0.497 e. The Bertz CT molecular complexity index is 2050. The van der Waals surface area contributed by atoms with Crippen molar-refractivity contribution in [3.8, 4) is 5.75 Å². The van der Waals surface area contributed by atoms with Crippen LogP contribution in [-0.2, 0) is 34.4 Å². The predicted molar refractivity (Wildman–Crippen MR) is 176 cm³/mol. The van der Waals surface area contributed by atoms with Crippen molar-refractivity contribution in [1.29, 1.82) is 0 Å². The van der Waals surface area contributed by atoms with Gasteiger partial charge in [-0.3, -0.25) is 23.0 Å². The summed E-state index contributed by atoms with van der Waals surface area (Å²) < 4.78 is 62.5. The Hall–Kier alpha value is -5.19. The van der Waals surface area contributed by atoms with E-state index in [-0.39, 0.29) is 43.9 Å². The first-order valence-corrected chi connectivity index (χ1v) is 17.1. The highest BCUT2D eigenvalue weighted by molar-refractivity contribution is 7.93. The predicted octanol–water partition coefficient (Wildman–Crippen LogP) is 1.51. The zero-order chi connectivity index (χ0) is 33.9. The highest BCUT2D eigenvalue weighted by Gasteiger charge is 2.32. The maximum absolute atomic E-state index is 14.0. The first-order chi connectivity index (χ1) is 22.3. The van der Waals surface area contributed by atoms with Crippen molar-refractivity contribution < 1.29 is 36.0 Å². The molecule has 1 saturated heterocycles. The first kappa shape index (κ1) is 33.2. The summed E-state index contributed by atoms with van der Waals surface area (Å²) in [5, 5.41) is 6.20. The zero-order valence-electron chi connectivity index (χ0n) is 25.1. The van der Waals surface area contributed by atoms with Gasteiger partial charge in [0.1, 0.15) is 18.8 Å². The van der Waals surface area contributed by atoms with Crippen LogP contribution in [0, 0.1) is 0 Å². The number of nitrogens with two attached hydrogens (primary N) is 2. The van der Waals surface area contributed by atoms with Crippen molar-refractivity contribution in [3.63, 3.8) is 0 Å². The highest BCUT2D eigenvalue weighted by atomic mass is 32.2. The lowest BCUT2D eigenvalue weighted by molar-refractivity contribution is -0.119. The molecule has 1 fully saturated rings. The summed E-state index contributed by atoms with van der Waals surface area (Å²) in [5.74, 6) is -1.71. The Morgan fingerprint density at radius 3 is 1.60 bits per heavy atom. The Morgan fingerprint density at radius 2 is 1.21 bits per heavy atom. The molecule has 4 aromatic rings. The SMILES string of the molecule is COc1ccc(S(=O)(=O)N(CC(N)=O)c2ccc(N(CC(N)=O)S(=O)(=O)c3ccc(NC(=O)[C@H]4CCN4)cc3)c3ccccc23)cc1. The number of nitrogens with one attached hydrogen (secondary N) is 2. The third-order valence-corrected chi connectivity index (χ3v) is 11.1. The van der Waals surface area contributed by atoms with Crippen molar-refractivity contribution in [2.45, 2.75) is 22.3 Å². The normalized spacial score (nSPS) is 14.5. The fraction of sp³-hybridized carbons (Fsp3) is 0.194. The molecule has 1 atom stereocenters. The third kappa shape index (κ3) is 6.84. The minimum absolute atomic E-state index is 0.0254. The number of methoxy groups -OCH3 is 1. The van der Waals surface area contributed by atoms with Crippen LogP contribution in [0.2, 0.25) is 0 Å². The molecule has 14 nitrogen and oxygen atoms in total. The van der Waals surface area contributed by atoms with Gasteiger partial charge in [0.2, 0.25) is 17.7 Å². The molecule has 0 aromatic heterocycles. The zero-order valence-corrected chi connectivity index (χ0v) is 26.8. The molecule has 47 heavy (non-hydrogen) atoms. The van der Waals surface area contributed by atoms with Crippen LogP contribution in [0.25, 0.3) is 10.8 Å². The van der Waals surface area contributed by atoms with Crippen LogP contribution in [0.1, 0.15) is 6.42 Å². The number of hydrogen-bond acceptors (Lipinski definition) is 9. The summed E-state index contributed by atoms with van der Waals surface area (Å²) >= 11 is 0. The monoisotopic (exact) mass is 680 g/mol. The van der Waals surface area contributed by atoms with Crippen molar-refractivity contribution in [1.82, 2.24) is 5.32 Å². The van der Waals surface area contributed by atoms with Crippen LogP contribution in [0.3, 0.4) is 0 Å². The average Bonchev–Trinajstić information content (AvgIpc) is 3.01. The van der Waals surface area contributed by atoms with Crippen LogP contribution in [0.5, 0.6) is 5.75 Å². The fourth-order valence-electron chi connectivity index (χ4n) is 5.04. The van der Waals surface area contributed by atoms with E-state index in [0.29, 0.717) is 17.9 Å². The van der Waals surface area contributed by atoms with Crippen molar-refractivity contribution in [3.05, 3.63) is 84.9 Å². The van der Waals surface area contributed by atoms with E-state index in [4.69, 9.17) is 16.2 Å². The number of nitrogens with zero attached hydrogens (tertiary/aromatic N) is 2. The second-order valence-electron chi connectivity index (χ2n) is 10.6. The van der Waals surface area contributed by atoms with Gasteiger partial charge in [0, 0.05) is 16.5 Å². The van der Waals surface area contributed by atoms with E-state index in [2.05, 4.69) is 10.6 Å². The number of hydrogen-bond donors (Lipinski definition) is 4. The number of anilines is 3. The van der Waals surface area contributed by atoms with Crippen molar-refractivity contribution in [2.75, 3.05) is 40.7 Å². The molecule has 1 aliphatic heterocycles. The number of primary amides is 2.